The predicted molar refractivity (Wildman–Crippen MR) is 92.9 cm³/mol. The van der Waals surface area contributed by atoms with E-state index in [1.807, 2.05) is 44.2 Å². The quantitative estimate of drug-likeness (QED) is 0.470. The summed E-state index contributed by atoms with van der Waals surface area (Å²) in [7, 11) is -4.00. The minimum Gasteiger partial charge on any atom is -0.498 e. The van der Waals surface area contributed by atoms with Crippen LogP contribution in [0.25, 0.3) is 16.3 Å². The molecule has 7 heteroatoms. The van der Waals surface area contributed by atoms with Gasteiger partial charge in [0.05, 0.1) is 17.9 Å². The van der Waals surface area contributed by atoms with Gasteiger partial charge in [-0.05, 0) is 26.8 Å². The summed E-state index contributed by atoms with van der Waals surface area (Å²) >= 11 is 1.63. The molecular formula is C16H22NO4S2+. The zero-order valence-corrected chi connectivity index (χ0v) is 15.2. The Morgan fingerprint density at radius 1 is 1.43 bits per heavy atom. The maximum absolute atomic E-state index is 11.2. The minimum atomic E-state index is -4.00. The van der Waals surface area contributed by atoms with Crippen LogP contribution in [0, 0.1) is 0 Å². The van der Waals surface area contributed by atoms with E-state index < -0.39 is 15.4 Å². The summed E-state index contributed by atoms with van der Waals surface area (Å²) in [6.45, 7) is 6.47. The van der Waals surface area contributed by atoms with Crippen LogP contribution in [-0.4, -0.2) is 24.8 Å². The first-order valence-corrected chi connectivity index (χ1v) is 9.83. The number of hydrogen-bond acceptors (Lipinski definition) is 4. The molecule has 0 saturated heterocycles. The monoisotopic (exact) mass is 356 g/mol. The van der Waals surface area contributed by atoms with E-state index >= 15 is 0 Å². The van der Waals surface area contributed by atoms with Crippen LogP contribution in [0.3, 0.4) is 0 Å². The van der Waals surface area contributed by atoms with Gasteiger partial charge in [0.25, 0.3) is 15.1 Å². The van der Waals surface area contributed by atoms with Crippen LogP contribution in [0.2, 0.25) is 0 Å². The number of fused-ring (bicyclic) bond motifs is 1. The summed E-state index contributed by atoms with van der Waals surface area (Å²) < 4.78 is 40.3. The summed E-state index contributed by atoms with van der Waals surface area (Å²) in [4.78, 5) is 0. The van der Waals surface area contributed by atoms with E-state index in [1.54, 1.807) is 11.3 Å². The minimum absolute atomic E-state index is 0.346. The Morgan fingerprint density at radius 2 is 2.13 bits per heavy atom. The maximum atomic E-state index is 11.2. The number of allylic oxidation sites excluding steroid dienone is 1. The van der Waals surface area contributed by atoms with E-state index in [2.05, 4.69) is 4.57 Å². The lowest BCUT2D eigenvalue weighted by Crippen LogP contribution is -2.37. The van der Waals surface area contributed by atoms with E-state index in [9.17, 15) is 8.42 Å². The van der Waals surface area contributed by atoms with Crippen LogP contribution in [-0.2, 0) is 21.4 Å². The first kappa shape index (κ1) is 17.9. The van der Waals surface area contributed by atoms with Gasteiger partial charge in [0.15, 0.2) is 6.54 Å². The van der Waals surface area contributed by atoms with Crippen molar-refractivity contribution in [3.8, 4) is 0 Å². The standard InChI is InChI=1S/C16H21NO4S2/c1-4-21-12(2)11-16-17(10-9-13(3)23(18,19)20)14-7-5-6-8-15(14)22-16/h5-8,11,13H,4,9-10H2,1-3H3/p+1/b12-11+. The SMILES string of the molecule is CCO/C(C)=C/c1sc2ccccc2[n+]1CCC(C)S(=O)(=O)O. The molecule has 0 aliphatic carbocycles. The normalized spacial score (nSPS) is 14.2. The summed E-state index contributed by atoms with van der Waals surface area (Å²) in [6.07, 6.45) is 2.31. The van der Waals surface area contributed by atoms with Crippen LogP contribution in [0.15, 0.2) is 30.0 Å². The molecule has 0 spiro atoms. The second kappa shape index (κ2) is 7.42. The zero-order chi connectivity index (χ0) is 17.0. The third kappa shape index (κ3) is 4.53. The Hall–Kier alpha value is -1.44. The number of aromatic nitrogens is 1. The van der Waals surface area contributed by atoms with Gasteiger partial charge in [0.2, 0.25) is 5.52 Å². The van der Waals surface area contributed by atoms with Gasteiger partial charge < -0.3 is 4.74 Å². The molecule has 0 saturated carbocycles. The maximum Gasteiger partial charge on any atom is 0.267 e. The highest BCUT2D eigenvalue weighted by molar-refractivity contribution is 7.86. The van der Waals surface area contributed by atoms with Gasteiger partial charge in [-0.25, -0.2) is 0 Å². The number of para-hydroxylation sites is 1. The lowest BCUT2D eigenvalue weighted by atomic mass is 10.3. The van der Waals surface area contributed by atoms with Crippen LogP contribution in [0.5, 0.6) is 0 Å². The highest BCUT2D eigenvalue weighted by Gasteiger charge is 2.23. The number of hydrogen-bond donors (Lipinski definition) is 1. The molecule has 0 aliphatic heterocycles. The molecule has 5 nitrogen and oxygen atoms in total. The van der Waals surface area contributed by atoms with Crippen molar-refractivity contribution in [3.63, 3.8) is 0 Å². The van der Waals surface area contributed by atoms with Gasteiger partial charge >= 0.3 is 0 Å². The molecule has 23 heavy (non-hydrogen) atoms. The van der Waals surface area contributed by atoms with Crippen molar-refractivity contribution in [2.24, 2.45) is 0 Å². The second-order valence-corrected chi connectivity index (χ2v) is 8.26. The zero-order valence-electron chi connectivity index (χ0n) is 13.5. The molecule has 1 aromatic carbocycles. The molecule has 0 amide bonds. The number of benzene rings is 1. The molecule has 1 atom stereocenters. The molecule has 1 unspecified atom stereocenters. The number of nitrogens with zero attached hydrogens (tertiary/aromatic N) is 1. The Bertz CT molecular complexity index is 809. The Morgan fingerprint density at radius 3 is 2.78 bits per heavy atom. The van der Waals surface area contributed by atoms with Crippen molar-refractivity contribution in [1.82, 2.24) is 0 Å². The molecule has 1 aromatic heterocycles. The molecule has 1 heterocycles. The van der Waals surface area contributed by atoms with E-state index in [-0.39, 0.29) is 0 Å². The lowest BCUT2D eigenvalue weighted by Gasteiger charge is -2.05. The second-order valence-electron chi connectivity index (χ2n) is 5.36. The van der Waals surface area contributed by atoms with Gasteiger partial charge in [0, 0.05) is 12.5 Å². The Kier molecular flexibility index (Phi) is 5.78. The highest BCUT2D eigenvalue weighted by atomic mass is 32.2. The van der Waals surface area contributed by atoms with Crippen molar-refractivity contribution in [3.05, 3.63) is 35.0 Å². The van der Waals surface area contributed by atoms with E-state index in [0.29, 0.717) is 19.6 Å². The van der Waals surface area contributed by atoms with Gasteiger partial charge in [-0.15, -0.1) is 0 Å². The average molecular weight is 356 g/mol. The fourth-order valence-corrected chi connectivity index (χ4v) is 3.88. The van der Waals surface area contributed by atoms with Crippen molar-refractivity contribution in [2.45, 2.75) is 39.0 Å². The molecule has 2 rings (SSSR count). The number of rotatable bonds is 7. The average Bonchev–Trinajstić information content (AvgIpc) is 2.81. The summed E-state index contributed by atoms with van der Waals surface area (Å²) in [5, 5.41) is 0.207. The largest absolute Gasteiger partial charge is 0.498 e. The van der Waals surface area contributed by atoms with Crippen LogP contribution < -0.4 is 4.57 Å². The third-order valence-corrected chi connectivity index (χ3v) is 5.97. The lowest BCUT2D eigenvalue weighted by molar-refractivity contribution is -0.669. The van der Waals surface area contributed by atoms with Gasteiger partial charge in [0.1, 0.15) is 10.5 Å². The first-order valence-electron chi connectivity index (χ1n) is 7.51. The van der Waals surface area contributed by atoms with Crippen molar-refractivity contribution >= 4 is 37.7 Å². The summed E-state index contributed by atoms with van der Waals surface area (Å²) in [5.41, 5.74) is 1.05. The first-order chi connectivity index (χ1) is 10.8. The van der Waals surface area contributed by atoms with E-state index in [0.717, 1.165) is 21.0 Å². The van der Waals surface area contributed by atoms with Crippen LogP contribution in [0.1, 0.15) is 32.2 Å². The molecule has 0 bridgehead atoms. The van der Waals surface area contributed by atoms with E-state index in [4.69, 9.17) is 9.29 Å². The number of aryl methyl sites for hydroxylation is 1. The van der Waals surface area contributed by atoms with Crippen molar-refractivity contribution in [1.29, 1.82) is 0 Å². The van der Waals surface area contributed by atoms with Gasteiger partial charge in [-0.1, -0.05) is 23.5 Å². The van der Waals surface area contributed by atoms with Gasteiger partial charge in [-0.2, -0.15) is 13.0 Å². The van der Waals surface area contributed by atoms with Crippen molar-refractivity contribution in [2.75, 3.05) is 6.61 Å². The summed E-state index contributed by atoms with van der Waals surface area (Å²) in [6, 6.07) is 7.99. The highest BCUT2D eigenvalue weighted by Crippen LogP contribution is 2.22. The Labute approximate surface area is 141 Å². The molecule has 2 aromatic rings. The Balaban J connectivity index is 2.37. The molecule has 1 N–H and O–H groups in total. The molecular weight excluding hydrogens is 334 g/mol. The fourth-order valence-electron chi connectivity index (χ4n) is 2.29. The van der Waals surface area contributed by atoms with Crippen LogP contribution in [0.4, 0.5) is 0 Å². The number of ether oxygens (including phenoxy) is 1. The van der Waals surface area contributed by atoms with E-state index in [1.165, 1.54) is 6.92 Å². The molecule has 0 fully saturated rings. The molecule has 126 valence electrons. The van der Waals surface area contributed by atoms with Crippen LogP contribution >= 0.6 is 11.3 Å². The smallest absolute Gasteiger partial charge is 0.267 e. The van der Waals surface area contributed by atoms with Gasteiger partial charge in [-0.3, -0.25) is 4.55 Å². The molecule has 0 aliphatic rings. The van der Waals surface area contributed by atoms with Crippen molar-refractivity contribution < 1.29 is 22.3 Å². The fraction of sp³-hybridized carbons (Fsp3) is 0.438. The third-order valence-electron chi connectivity index (χ3n) is 3.60. The summed E-state index contributed by atoms with van der Waals surface area (Å²) in [5.74, 6) is 0.815. The molecule has 0 radical (unpaired) electrons. The predicted octanol–water partition coefficient (Wildman–Crippen LogP) is 3.25. The topological polar surface area (TPSA) is 67.5 Å². The number of thiazole rings is 1.